The van der Waals surface area contributed by atoms with Gasteiger partial charge in [0.25, 0.3) is 0 Å². The first-order valence-corrected chi connectivity index (χ1v) is 21.9. The second-order valence-corrected chi connectivity index (χ2v) is 16.4. The highest BCUT2D eigenvalue weighted by Gasteiger charge is 2.35. The fourth-order valence-corrected chi connectivity index (χ4v) is 6.68. The molecular formula is C45H69N11O9. The van der Waals surface area contributed by atoms with Gasteiger partial charge in [-0.2, -0.15) is 0 Å². The number of carboxylic acid groups (broad SMARTS) is 1. The van der Waals surface area contributed by atoms with Crippen molar-refractivity contribution in [1.82, 2.24) is 37.2 Å². The fourth-order valence-electron chi connectivity index (χ4n) is 6.68. The maximum Gasteiger partial charge on any atom is 0.305 e. The zero-order valence-electron chi connectivity index (χ0n) is 38.1. The van der Waals surface area contributed by atoms with Crippen LogP contribution in [0.2, 0.25) is 0 Å². The molecule has 358 valence electrons. The summed E-state index contributed by atoms with van der Waals surface area (Å²) in [5.41, 5.74) is 18.1. The van der Waals surface area contributed by atoms with Gasteiger partial charge in [0, 0.05) is 32.9 Å². The Hall–Kier alpha value is -6.57. The minimum Gasteiger partial charge on any atom is -0.481 e. The van der Waals surface area contributed by atoms with Crippen LogP contribution in [-0.4, -0.2) is 114 Å². The third kappa shape index (κ3) is 21.1. The Morgan fingerprint density at radius 2 is 1.00 bits per heavy atom. The molecule has 0 fully saturated rings. The summed E-state index contributed by atoms with van der Waals surface area (Å²) in [6.45, 7) is 8.46. The number of carboxylic acids is 1. The Morgan fingerprint density at radius 1 is 0.569 bits per heavy atom. The predicted octanol–water partition coefficient (Wildman–Crippen LogP) is -0.514. The zero-order valence-corrected chi connectivity index (χ0v) is 38.1. The van der Waals surface area contributed by atoms with Gasteiger partial charge in [-0.1, -0.05) is 88.4 Å². The molecule has 2 rings (SSSR count). The van der Waals surface area contributed by atoms with E-state index in [-0.39, 0.29) is 63.5 Å². The van der Waals surface area contributed by atoms with E-state index in [2.05, 4.69) is 42.2 Å². The molecule has 14 N–H and O–H groups in total. The van der Waals surface area contributed by atoms with Crippen LogP contribution in [0.4, 0.5) is 0 Å². The van der Waals surface area contributed by atoms with E-state index >= 15 is 0 Å². The van der Waals surface area contributed by atoms with Crippen molar-refractivity contribution in [2.75, 3.05) is 19.6 Å². The highest BCUT2D eigenvalue weighted by Crippen LogP contribution is 2.12. The Morgan fingerprint density at radius 3 is 1.46 bits per heavy atom. The molecule has 0 aromatic heterocycles. The van der Waals surface area contributed by atoms with E-state index in [0.29, 0.717) is 30.5 Å². The highest BCUT2D eigenvalue weighted by atomic mass is 16.4. The number of nitrogens with one attached hydrogen (secondary N) is 7. The van der Waals surface area contributed by atoms with E-state index in [1.807, 2.05) is 0 Å². The molecule has 0 radical (unpaired) electrons. The van der Waals surface area contributed by atoms with Crippen molar-refractivity contribution < 1.29 is 43.5 Å². The van der Waals surface area contributed by atoms with Gasteiger partial charge in [0.1, 0.15) is 36.3 Å². The van der Waals surface area contributed by atoms with Crippen LogP contribution in [0.5, 0.6) is 0 Å². The molecule has 0 spiro atoms. The van der Waals surface area contributed by atoms with E-state index in [4.69, 9.17) is 22.3 Å². The van der Waals surface area contributed by atoms with Crippen LogP contribution in [0.3, 0.4) is 0 Å². The number of nitrogens with zero attached hydrogens (tertiary/aromatic N) is 1. The highest BCUT2D eigenvalue weighted by molar-refractivity contribution is 5.97. The number of hydrogen-bond acceptors (Lipinski definition) is 10. The molecule has 0 heterocycles. The van der Waals surface area contributed by atoms with Gasteiger partial charge < -0.3 is 59.5 Å². The molecule has 0 aliphatic heterocycles. The Labute approximate surface area is 380 Å². The van der Waals surface area contributed by atoms with Gasteiger partial charge in [0.2, 0.25) is 41.4 Å². The number of amides is 7. The molecule has 7 amide bonds. The summed E-state index contributed by atoms with van der Waals surface area (Å²) in [6, 6.07) is 10.7. The predicted molar refractivity (Wildman–Crippen MR) is 245 cm³/mol. The standard InChI is InChI=1S/C45H69N11O9/c1-27(2)37(51-29(5)57)44(65)56-38(28(3)4)43(64)53-33(20-14-23-50-45(47)48)40(61)54-35(26-31-17-10-7-11-18-31)42(63)55-34(25-30-15-8-6-9-16-30)41(62)52-32(19-12-13-22-46)39(60)49-24-21-36(58)59/h6-11,15-18,27-28,32-35,37-38H,12-14,19-26,46H2,1-5H3,(H,49,60)(H,51,57)(H,52,62)(H,53,64)(H,54,61)(H,55,63)(H,56,65)(H,58,59)(H4,47,48,50)/t32-,33-,34-,35-,37-,38-/m0/s1. The molecule has 2 aromatic rings. The van der Waals surface area contributed by atoms with Crippen molar-refractivity contribution in [3.8, 4) is 0 Å². The van der Waals surface area contributed by atoms with Crippen molar-refractivity contribution >= 4 is 53.3 Å². The summed E-state index contributed by atoms with van der Waals surface area (Å²) >= 11 is 0. The number of carbonyl (C=O) groups excluding carboxylic acids is 7. The normalized spacial score (nSPS) is 13.7. The third-order valence-electron chi connectivity index (χ3n) is 10.2. The first kappa shape index (κ1) is 54.6. The van der Waals surface area contributed by atoms with E-state index in [1.54, 1.807) is 88.4 Å². The molecule has 20 nitrogen and oxygen atoms in total. The van der Waals surface area contributed by atoms with Gasteiger partial charge in [0.05, 0.1) is 6.42 Å². The summed E-state index contributed by atoms with van der Waals surface area (Å²) < 4.78 is 0. The van der Waals surface area contributed by atoms with Crippen LogP contribution in [-0.2, 0) is 51.2 Å². The number of aliphatic imine (C=N–C) groups is 1. The van der Waals surface area contributed by atoms with Gasteiger partial charge in [-0.25, -0.2) is 0 Å². The summed E-state index contributed by atoms with van der Waals surface area (Å²) in [4.78, 5) is 110. The van der Waals surface area contributed by atoms with Crippen molar-refractivity contribution in [1.29, 1.82) is 0 Å². The molecule has 0 aliphatic carbocycles. The Balaban J connectivity index is 2.51. The minimum atomic E-state index is -1.31. The molecule has 2 aromatic carbocycles. The lowest BCUT2D eigenvalue weighted by Gasteiger charge is -2.29. The number of hydrogen-bond donors (Lipinski definition) is 11. The van der Waals surface area contributed by atoms with Crippen molar-refractivity contribution in [2.45, 2.75) is 122 Å². The summed E-state index contributed by atoms with van der Waals surface area (Å²) in [5.74, 6) is -6.59. The summed E-state index contributed by atoms with van der Waals surface area (Å²) in [5, 5.41) is 28.0. The average molecular weight is 908 g/mol. The maximum absolute atomic E-state index is 14.5. The fraction of sp³-hybridized carbons (Fsp3) is 0.533. The van der Waals surface area contributed by atoms with E-state index in [1.165, 1.54) is 6.92 Å². The van der Waals surface area contributed by atoms with Gasteiger partial charge in [0.15, 0.2) is 5.96 Å². The number of unbranched alkanes of at least 4 members (excludes halogenated alkanes) is 1. The quantitative estimate of drug-likeness (QED) is 0.0279. The number of rotatable bonds is 29. The molecule has 20 heteroatoms. The van der Waals surface area contributed by atoms with Crippen LogP contribution < -0.4 is 54.4 Å². The zero-order chi connectivity index (χ0) is 48.5. The van der Waals surface area contributed by atoms with E-state index in [0.717, 1.165) is 0 Å². The lowest BCUT2D eigenvalue weighted by Crippen LogP contribution is -2.61. The number of carbonyl (C=O) groups is 8. The third-order valence-corrected chi connectivity index (χ3v) is 10.2. The largest absolute Gasteiger partial charge is 0.481 e. The van der Waals surface area contributed by atoms with Crippen LogP contribution in [0.1, 0.15) is 84.3 Å². The number of guanidine groups is 1. The maximum atomic E-state index is 14.5. The van der Waals surface area contributed by atoms with Crippen LogP contribution in [0.25, 0.3) is 0 Å². The molecular weight excluding hydrogens is 839 g/mol. The molecule has 0 saturated carbocycles. The molecule has 0 saturated heterocycles. The molecule has 6 atom stereocenters. The molecule has 0 unspecified atom stereocenters. The monoisotopic (exact) mass is 908 g/mol. The van der Waals surface area contributed by atoms with Gasteiger partial charge in [-0.3, -0.25) is 43.3 Å². The topological polar surface area (TPSA) is 331 Å². The second kappa shape index (κ2) is 29.0. The lowest BCUT2D eigenvalue weighted by atomic mass is 9.98. The first-order valence-electron chi connectivity index (χ1n) is 21.9. The first-order chi connectivity index (χ1) is 30.8. The second-order valence-electron chi connectivity index (χ2n) is 16.4. The molecule has 0 aliphatic rings. The summed E-state index contributed by atoms with van der Waals surface area (Å²) in [6.07, 6.45) is 1.07. The van der Waals surface area contributed by atoms with E-state index in [9.17, 15) is 38.4 Å². The smallest absolute Gasteiger partial charge is 0.305 e. The molecule has 65 heavy (non-hydrogen) atoms. The number of benzene rings is 2. The molecule has 0 bridgehead atoms. The van der Waals surface area contributed by atoms with Gasteiger partial charge in [-0.15, -0.1) is 0 Å². The Kier molecular flexibility index (Phi) is 24.3. The number of aliphatic carboxylic acids is 1. The van der Waals surface area contributed by atoms with Crippen molar-refractivity contribution in [3.63, 3.8) is 0 Å². The van der Waals surface area contributed by atoms with Gasteiger partial charge in [-0.05, 0) is 61.6 Å². The number of nitrogens with two attached hydrogens (primary N) is 3. The Bertz CT molecular complexity index is 1890. The van der Waals surface area contributed by atoms with Crippen molar-refractivity contribution in [2.24, 2.45) is 34.0 Å². The van der Waals surface area contributed by atoms with Crippen LogP contribution in [0.15, 0.2) is 65.7 Å². The van der Waals surface area contributed by atoms with Crippen molar-refractivity contribution in [3.05, 3.63) is 71.8 Å². The van der Waals surface area contributed by atoms with E-state index < -0.39 is 89.5 Å². The lowest BCUT2D eigenvalue weighted by molar-refractivity contribution is -0.137. The summed E-state index contributed by atoms with van der Waals surface area (Å²) in [7, 11) is 0. The van der Waals surface area contributed by atoms with Crippen LogP contribution >= 0.6 is 0 Å². The average Bonchev–Trinajstić information content (AvgIpc) is 3.24. The minimum absolute atomic E-state index is 0.00636. The van der Waals surface area contributed by atoms with Crippen LogP contribution in [0, 0.1) is 11.8 Å². The van der Waals surface area contributed by atoms with Gasteiger partial charge >= 0.3 is 5.97 Å². The SMILES string of the molecule is CC(=O)N[C@H](C(=O)N[C@H](C(=O)N[C@@H](CCCN=C(N)N)C(=O)N[C@@H](Cc1ccccc1)C(=O)N[C@@H](Cc1ccccc1)C(=O)N[C@@H](CCCCN)C(=O)NCCC(=O)O)C(C)C)C(C)C.